The molecule has 24 heavy (non-hydrogen) atoms. The van der Waals surface area contributed by atoms with Crippen LogP contribution in [0.3, 0.4) is 0 Å². The van der Waals surface area contributed by atoms with E-state index in [0.29, 0.717) is 41.8 Å². The molecule has 2 unspecified atom stereocenters. The minimum Gasteiger partial charge on any atom is -0.336 e. The summed E-state index contributed by atoms with van der Waals surface area (Å²) >= 11 is 6.17. The third-order valence-corrected chi connectivity index (χ3v) is 5.66. The van der Waals surface area contributed by atoms with Crippen molar-refractivity contribution in [2.45, 2.75) is 70.6 Å². The van der Waals surface area contributed by atoms with Crippen LogP contribution in [0.4, 0.5) is 4.39 Å². The first-order chi connectivity index (χ1) is 11.5. The number of nitrogens with zero attached hydrogens (tertiary/aromatic N) is 2. The maximum Gasteiger partial charge on any atom is 0.237 e. The maximum absolute atomic E-state index is 14.1. The van der Waals surface area contributed by atoms with Crippen LogP contribution in [0.15, 0.2) is 18.2 Å². The third-order valence-electron chi connectivity index (χ3n) is 5.31. The largest absolute Gasteiger partial charge is 0.336 e. The van der Waals surface area contributed by atoms with E-state index >= 15 is 0 Å². The number of hydrogen-bond acceptors (Lipinski definition) is 2. The molecule has 0 N–H and O–H groups in total. The number of likely N-dealkylation sites (tertiary alicyclic amines) is 1. The van der Waals surface area contributed by atoms with Gasteiger partial charge in [-0.15, -0.1) is 0 Å². The van der Waals surface area contributed by atoms with Crippen LogP contribution in [0.25, 0.3) is 0 Å². The van der Waals surface area contributed by atoms with E-state index in [0.717, 1.165) is 25.7 Å². The number of benzene rings is 1. The normalized spacial score (nSPS) is 24.5. The van der Waals surface area contributed by atoms with Gasteiger partial charge in [-0.05, 0) is 58.1 Å². The lowest BCUT2D eigenvalue weighted by molar-refractivity contribution is -0.138. The summed E-state index contributed by atoms with van der Waals surface area (Å²) in [6.07, 6.45) is 5.47. The molecule has 1 amide bonds. The molecule has 1 aliphatic carbocycles. The molecule has 3 nitrogen and oxygen atoms in total. The van der Waals surface area contributed by atoms with Crippen LogP contribution in [0.2, 0.25) is 5.02 Å². The van der Waals surface area contributed by atoms with Crippen molar-refractivity contribution in [3.8, 4) is 0 Å². The van der Waals surface area contributed by atoms with E-state index in [1.807, 2.05) is 4.90 Å². The number of rotatable bonds is 5. The fourth-order valence-electron chi connectivity index (χ4n) is 3.81. The van der Waals surface area contributed by atoms with E-state index in [9.17, 15) is 9.18 Å². The quantitative estimate of drug-likeness (QED) is 0.791. The fraction of sp³-hybridized carbons (Fsp3) is 0.632. The summed E-state index contributed by atoms with van der Waals surface area (Å²) in [6, 6.07) is 5.72. The lowest BCUT2D eigenvalue weighted by atomic mass is 9.97. The molecule has 3 rings (SSSR count). The van der Waals surface area contributed by atoms with Crippen molar-refractivity contribution in [2.24, 2.45) is 0 Å². The molecule has 2 atom stereocenters. The summed E-state index contributed by atoms with van der Waals surface area (Å²) < 4.78 is 14.1. The molecule has 1 aromatic carbocycles. The van der Waals surface area contributed by atoms with E-state index in [4.69, 9.17) is 11.6 Å². The third kappa shape index (κ3) is 3.92. The first kappa shape index (κ1) is 17.7. The highest BCUT2D eigenvalue weighted by molar-refractivity contribution is 6.31. The van der Waals surface area contributed by atoms with Gasteiger partial charge in [0.25, 0.3) is 0 Å². The standard InChI is InChI=1S/C19H26ClFN2O/c1-13-5-3-6-14(2)23(13)19(24)12-22(15-9-10-15)11-16-17(20)7-4-8-18(16)21/h4,7-8,13-15H,3,5-6,9-12H2,1-2H3. The molecule has 132 valence electrons. The highest BCUT2D eigenvalue weighted by Gasteiger charge is 2.35. The second kappa shape index (κ2) is 7.40. The number of hydrogen-bond donors (Lipinski definition) is 0. The van der Waals surface area contributed by atoms with Gasteiger partial charge in [0.15, 0.2) is 0 Å². The lowest BCUT2D eigenvalue weighted by Gasteiger charge is -2.40. The smallest absolute Gasteiger partial charge is 0.237 e. The van der Waals surface area contributed by atoms with Gasteiger partial charge in [0.2, 0.25) is 5.91 Å². The Morgan fingerprint density at radius 2 is 1.92 bits per heavy atom. The van der Waals surface area contributed by atoms with E-state index in [1.54, 1.807) is 12.1 Å². The zero-order valence-corrected chi connectivity index (χ0v) is 15.2. The molecular formula is C19H26ClFN2O. The topological polar surface area (TPSA) is 23.6 Å². The predicted molar refractivity (Wildman–Crippen MR) is 94.5 cm³/mol. The monoisotopic (exact) mass is 352 g/mol. The first-order valence-corrected chi connectivity index (χ1v) is 9.33. The first-order valence-electron chi connectivity index (χ1n) is 8.95. The molecular weight excluding hydrogens is 327 g/mol. The van der Waals surface area contributed by atoms with Gasteiger partial charge in [-0.1, -0.05) is 17.7 Å². The summed E-state index contributed by atoms with van der Waals surface area (Å²) in [4.78, 5) is 17.0. The van der Waals surface area contributed by atoms with Crippen LogP contribution < -0.4 is 0 Å². The molecule has 0 bridgehead atoms. The molecule has 5 heteroatoms. The van der Waals surface area contributed by atoms with Crippen LogP contribution in [0.5, 0.6) is 0 Å². The molecule has 1 aliphatic heterocycles. The Morgan fingerprint density at radius 1 is 1.25 bits per heavy atom. The minimum absolute atomic E-state index is 0.161. The average Bonchev–Trinajstić information content (AvgIpc) is 3.34. The van der Waals surface area contributed by atoms with E-state index in [-0.39, 0.29) is 11.7 Å². The van der Waals surface area contributed by atoms with Crippen molar-refractivity contribution in [2.75, 3.05) is 6.54 Å². The second-order valence-corrected chi connectivity index (χ2v) is 7.67. The SMILES string of the molecule is CC1CCCC(C)N1C(=O)CN(Cc1c(F)cccc1Cl)C1CC1. The Morgan fingerprint density at radius 3 is 2.50 bits per heavy atom. The maximum atomic E-state index is 14.1. The molecule has 1 heterocycles. The van der Waals surface area contributed by atoms with Gasteiger partial charge in [0.05, 0.1) is 6.54 Å². The van der Waals surface area contributed by atoms with Gasteiger partial charge in [-0.25, -0.2) is 4.39 Å². The van der Waals surface area contributed by atoms with Crippen LogP contribution >= 0.6 is 11.6 Å². The molecule has 0 radical (unpaired) electrons. The Bertz CT molecular complexity index is 575. The Hall–Kier alpha value is -1.13. The van der Waals surface area contributed by atoms with E-state index in [2.05, 4.69) is 18.7 Å². The van der Waals surface area contributed by atoms with Crippen LogP contribution in [-0.4, -0.2) is 40.4 Å². The van der Waals surface area contributed by atoms with Gasteiger partial charge in [-0.3, -0.25) is 9.69 Å². The van der Waals surface area contributed by atoms with E-state index in [1.165, 1.54) is 12.5 Å². The van der Waals surface area contributed by atoms with Crippen LogP contribution in [0.1, 0.15) is 51.5 Å². The number of carbonyl (C=O) groups is 1. The predicted octanol–water partition coefficient (Wildman–Crippen LogP) is 4.23. The molecule has 1 aromatic rings. The summed E-state index contributed by atoms with van der Waals surface area (Å²) in [6.45, 7) is 5.01. The second-order valence-electron chi connectivity index (χ2n) is 7.27. The van der Waals surface area contributed by atoms with E-state index < -0.39 is 0 Å². The number of halogens is 2. The number of amides is 1. The molecule has 0 aromatic heterocycles. The minimum atomic E-state index is -0.291. The molecule has 1 saturated heterocycles. The Balaban J connectivity index is 1.71. The van der Waals surface area contributed by atoms with Gasteiger partial charge in [0, 0.05) is 35.3 Å². The molecule has 0 spiro atoms. The number of carbonyl (C=O) groups excluding carboxylic acids is 1. The molecule has 2 aliphatic rings. The van der Waals surface area contributed by atoms with Gasteiger partial charge >= 0.3 is 0 Å². The Labute approximate surface area is 148 Å². The highest BCUT2D eigenvalue weighted by Crippen LogP contribution is 2.31. The average molecular weight is 353 g/mol. The van der Waals surface area contributed by atoms with Crippen molar-refractivity contribution in [3.63, 3.8) is 0 Å². The van der Waals surface area contributed by atoms with Crippen molar-refractivity contribution in [3.05, 3.63) is 34.6 Å². The van der Waals surface area contributed by atoms with Gasteiger partial charge in [0.1, 0.15) is 5.82 Å². The lowest BCUT2D eigenvalue weighted by Crippen LogP contribution is -2.51. The zero-order chi connectivity index (χ0) is 17.3. The summed E-state index contributed by atoms with van der Waals surface area (Å²) in [5, 5.41) is 0.438. The molecule has 1 saturated carbocycles. The molecule has 2 fully saturated rings. The summed E-state index contributed by atoms with van der Waals surface area (Å²) in [5.74, 6) is -0.130. The summed E-state index contributed by atoms with van der Waals surface area (Å²) in [7, 11) is 0. The van der Waals surface area contributed by atoms with Crippen LogP contribution in [-0.2, 0) is 11.3 Å². The Kier molecular flexibility index (Phi) is 5.46. The van der Waals surface area contributed by atoms with Gasteiger partial charge in [-0.2, -0.15) is 0 Å². The zero-order valence-electron chi connectivity index (χ0n) is 14.5. The fourth-order valence-corrected chi connectivity index (χ4v) is 4.03. The van der Waals surface area contributed by atoms with Crippen molar-refractivity contribution in [1.82, 2.24) is 9.80 Å². The highest BCUT2D eigenvalue weighted by atomic mass is 35.5. The number of piperidine rings is 1. The summed E-state index contributed by atoms with van der Waals surface area (Å²) in [5.41, 5.74) is 0.499. The van der Waals surface area contributed by atoms with Crippen molar-refractivity contribution < 1.29 is 9.18 Å². The van der Waals surface area contributed by atoms with Crippen molar-refractivity contribution in [1.29, 1.82) is 0 Å². The van der Waals surface area contributed by atoms with Crippen LogP contribution in [0, 0.1) is 5.82 Å². The van der Waals surface area contributed by atoms with Gasteiger partial charge < -0.3 is 4.90 Å². The van der Waals surface area contributed by atoms with Crippen molar-refractivity contribution >= 4 is 17.5 Å².